The molecule has 27 heavy (non-hydrogen) atoms. The van der Waals surface area contributed by atoms with E-state index in [4.69, 9.17) is 0 Å². The van der Waals surface area contributed by atoms with E-state index in [9.17, 15) is 9.18 Å². The molecule has 0 saturated carbocycles. The molecule has 1 amide bonds. The Morgan fingerprint density at radius 2 is 1.85 bits per heavy atom. The van der Waals surface area contributed by atoms with Gasteiger partial charge in [-0.1, -0.05) is 24.3 Å². The minimum atomic E-state index is -0.257. The van der Waals surface area contributed by atoms with Gasteiger partial charge in [-0.15, -0.1) is 11.3 Å². The van der Waals surface area contributed by atoms with E-state index in [0.717, 1.165) is 34.9 Å². The van der Waals surface area contributed by atoms with E-state index in [0.29, 0.717) is 0 Å². The van der Waals surface area contributed by atoms with Crippen molar-refractivity contribution in [1.29, 1.82) is 0 Å². The van der Waals surface area contributed by atoms with E-state index < -0.39 is 0 Å². The molecule has 1 heterocycles. The standard InChI is InChI=1S/C21H22FN3OS/c1-14(23-15(2)26)3-4-16-5-7-17(8-6-16)20-13-27-21(25-20)24-19-11-9-18(22)10-12-19/h5-14H,3-4H2,1-2H3,(H,23,26)(H,24,25)/t14-/m1/s1. The summed E-state index contributed by atoms with van der Waals surface area (Å²) in [6.07, 6.45) is 1.82. The molecule has 0 spiro atoms. The van der Waals surface area contributed by atoms with Gasteiger partial charge in [-0.25, -0.2) is 9.37 Å². The largest absolute Gasteiger partial charge is 0.354 e. The first-order valence-corrected chi connectivity index (χ1v) is 9.72. The van der Waals surface area contributed by atoms with E-state index in [2.05, 4.69) is 39.9 Å². The van der Waals surface area contributed by atoms with Gasteiger partial charge in [0.05, 0.1) is 5.69 Å². The SMILES string of the molecule is CC(=O)N[C@H](C)CCc1ccc(-c2csc(Nc3ccc(F)cc3)n2)cc1. The van der Waals surface area contributed by atoms with Crippen molar-refractivity contribution in [3.8, 4) is 11.3 Å². The number of hydrogen-bond donors (Lipinski definition) is 2. The molecule has 0 fully saturated rings. The summed E-state index contributed by atoms with van der Waals surface area (Å²) in [7, 11) is 0. The normalized spacial score (nSPS) is 11.8. The molecule has 140 valence electrons. The third kappa shape index (κ3) is 5.62. The summed E-state index contributed by atoms with van der Waals surface area (Å²) >= 11 is 1.51. The highest BCUT2D eigenvalue weighted by Crippen LogP contribution is 2.27. The molecule has 4 nitrogen and oxygen atoms in total. The van der Waals surface area contributed by atoms with Gasteiger partial charge in [0.25, 0.3) is 0 Å². The predicted octanol–water partition coefficient (Wildman–Crippen LogP) is 5.15. The Bertz CT molecular complexity index is 891. The number of aromatic nitrogens is 1. The average molecular weight is 383 g/mol. The molecule has 3 aromatic rings. The monoisotopic (exact) mass is 383 g/mol. The van der Waals surface area contributed by atoms with Crippen LogP contribution in [-0.2, 0) is 11.2 Å². The Morgan fingerprint density at radius 3 is 2.52 bits per heavy atom. The zero-order valence-electron chi connectivity index (χ0n) is 15.3. The number of nitrogens with zero attached hydrogens (tertiary/aromatic N) is 1. The van der Waals surface area contributed by atoms with Crippen molar-refractivity contribution in [3.05, 3.63) is 65.3 Å². The minimum Gasteiger partial charge on any atom is -0.354 e. The third-order valence-corrected chi connectivity index (χ3v) is 4.92. The summed E-state index contributed by atoms with van der Waals surface area (Å²) < 4.78 is 13.0. The molecular weight excluding hydrogens is 361 g/mol. The Morgan fingerprint density at radius 1 is 1.15 bits per heavy atom. The minimum absolute atomic E-state index is 0.00595. The van der Waals surface area contributed by atoms with Gasteiger partial charge in [-0.05, 0) is 49.6 Å². The fourth-order valence-electron chi connectivity index (χ4n) is 2.76. The number of nitrogens with one attached hydrogen (secondary N) is 2. The zero-order valence-corrected chi connectivity index (χ0v) is 16.1. The maximum Gasteiger partial charge on any atom is 0.217 e. The van der Waals surface area contributed by atoms with Crippen LogP contribution in [0.4, 0.5) is 15.2 Å². The van der Waals surface area contributed by atoms with E-state index in [1.54, 1.807) is 19.1 Å². The number of rotatable bonds is 7. The number of carbonyl (C=O) groups excluding carboxylic acids is 1. The van der Waals surface area contributed by atoms with Crippen molar-refractivity contribution >= 4 is 28.1 Å². The van der Waals surface area contributed by atoms with Crippen LogP contribution in [-0.4, -0.2) is 16.9 Å². The molecule has 0 aliphatic rings. The van der Waals surface area contributed by atoms with Gasteiger partial charge in [-0.2, -0.15) is 0 Å². The smallest absolute Gasteiger partial charge is 0.217 e. The lowest BCUT2D eigenvalue weighted by Gasteiger charge is -2.12. The van der Waals surface area contributed by atoms with Crippen LogP contribution in [0.5, 0.6) is 0 Å². The number of hydrogen-bond acceptors (Lipinski definition) is 4. The maximum absolute atomic E-state index is 13.0. The second-order valence-corrected chi connectivity index (χ2v) is 7.37. The Kier molecular flexibility index (Phi) is 6.19. The highest BCUT2D eigenvalue weighted by atomic mass is 32.1. The lowest BCUT2D eigenvalue weighted by molar-refractivity contribution is -0.119. The van der Waals surface area contributed by atoms with Gasteiger partial charge >= 0.3 is 0 Å². The highest BCUT2D eigenvalue weighted by Gasteiger charge is 2.07. The number of benzene rings is 2. The average Bonchev–Trinajstić information content (AvgIpc) is 3.10. The molecule has 1 aromatic heterocycles. The molecule has 6 heteroatoms. The summed E-state index contributed by atoms with van der Waals surface area (Å²) in [6, 6.07) is 14.7. The topological polar surface area (TPSA) is 54.0 Å². The van der Waals surface area contributed by atoms with Crippen LogP contribution < -0.4 is 10.6 Å². The Hall–Kier alpha value is -2.73. The fourth-order valence-corrected chi connectivity index (χ4v) is 3.50. The van der Waals surface area contributed by atoms with Crippen molar-refractivity contribution in [1.82, 2.24) is 10.3 Å². The van der Waals surface area contributed by atoms with Gasteiger partial charge in [0.15, 0.2) is 5.13 Å². The molecule has 0 saturated heterocycles. The summed E-state index contributed by atoms with van der Waals surface area (Å²) in [4.78, 5) is 15.7. The molecule has 1 atom stereocenters. The van der Waals surface area contributed by atoms with Crippen LogP contribution >= 0.6 is 11.3 Å². The second-order valence-electron chi connectivity index (χ2n) is 6.51. The molecule has 2 aromatic carbocycles. The van der Waals surface area contributed by atoms with Gasteiger partial charge in [-0.3, -0.25) is 4.79 Å². The van der Waals surface area contributed by atoms with Gasteiger partial charge < -0.3 is 10.6 Å². The summed E-state index contributed by atoms with van der Waals surface area (Å²) in [5.74, 6) is -0.252. The summed E-state index contributed by atoms with van der Waals surface area (Å²) in [6.45, 7) is 3.55. The molecule has 0 aliphatic carbocycles. The first kappa shape index (κ1) is 19.0. The number of amides is 1. The Labute approximate surface area is 162 Å². The van der Waals surface area contributed by atoms with E-state index >= 15 is 0 Å². The Balaban J connectivity index is 1.59. The van der Waals surface area contributed by atoms with Crippen molar-refractivity contribution in [3.63, 3.8) is 0 Å². The number of anilines is 2. The predicted molar refractivity (Wildman–Crippen MR) is 109 cm³/mol. The van der Waals surface area contributed by atoms with Crippen LogP contribution in [0.1, 0.15) is 25.8 Å². The quantitative estimate of drug-likeness (QED) is 0.593. The first-order chi connectivity index (χ1) is 13.0. The highest BCUT2D eigenvalue weighted by molar-refractivity contribution is 7.14. The lowest BCUT2D eigenvalue weighted by atomic mass is 10.0. The van der Waals surface area contributed by atoms with Crippen LogP contribution in [0.25, 0.3) is 11.3 Å². The third-order valence-electron chi connectivity index (χ3n) is 4.17. The van der Waals surface area contributed by atoms with E-state index in [1.165, 1.54) is 29.0 Å². The van der Waals surface area contributed by atoms with Crippen molar-refractivity contribution in [2.45, 2.75) is 32.7 Å². The molecule has 0 aliphatic heterocycles. The number of aryl methyl sites for hydroxylation is 1. The molecule has 0 unspecified atom stereocenters. The van der Waals surface area contributed by atoms with Gasteiger partial charge in [0.2, 0.25) is 5.91 Å². The van der Waals surface area contributed by atoms with Crippen LogP contribution in [0.2, 0.25) is 0 Å². The lowest BCUT2D eigenvalue weighted by Crippen LogP contribution is -2.30. The number of thiazole rings is 1. The molecular formula is C21H22FN3OS. The molecule has 2 N–H and O–H groups in total. The summed E-state index contributed by atoms with van der Waals surface area (Å²) in [5.41, 5.74) is 4.00. The molecule has 3 rings (SSSR count). The van der Waals surface area contributed by atoms with Crippen LogP contribution in [0.3, 0.4) is 0 Å². The first-order valence-electron chi connectivity index (χ1n) is 8.84. The maximum atomic E-state index is 13.0. The number of halogens is 1. The summed E-state index contributed by atoms with van der Waals surface area (Å²) in [5, 5.41) is 8.86. The van der Waals surface area contributed by atoms with Gasteiger partial charge in [0.1, 0.15) is 5.82 Å². The van der Waals surface area contributed by atoms with Crippen molar-refractivity contribution in [2.24, 2.45) is 0 Å². The van der Waals surface area contributed by atoms with E-state index in [1.807, 2.05) is 12.3 Å². The molecule has 0 radical (unpaired) electrons. The fraction of sp³-hybridized carbons (Fsp3) is 0.238. The van der Waals surface area contributed by atoms with Gasteiger partial charge in [0, 0.05) is 29.6 Å². The van der Waals surface area contributed by atoms with Crippen LogP contribution in [0.15, 0.2) is 53.9 Å². The molecule has 0 bridgehead atoms. The zero-order chi connectivity index (χ0) is 19.2. The second kappa shape index (κ2) is 8.77. The van der Waals surface area contributed by atoms with Crippen molar-refractivity contribution < 1.29 is 9.18 Å². The van der Waals surface area contributed by atoms with Crippen LogP contribution in [0, 0.1) is 5.82 Å². The van der Waals surface area contributed by atoms with E-state index in [-0.39, 0.29) is 17.8 Å². The van der Waals surface area contributed by atoms with Crippen molar-refractivity contribution in [2.75, 3.05) is 5.32 Å². The number of carbonyl (C=O) groups is 1.